The van der Waals surface area contributed by atoms with E-state index in [1.165, 1.54) is 6.21 Å². The van der Waals surface area contributed by atoms with E-state index in [1.54, 1.807) is 0 Å². The number of pyridine rings is 1. The Morgan fingerprint density at radius 2 is 2.07 bits per heavy atom. The summed E-state index contributed by atoms with van der Waals surface area (Å²) in [6.45, 7) is 7.37. The predicted molar refractivity (Wildman–Crippen MR) is 123 cm³/mol. The maximum atomic E-state index is 9.78. The molecular weight excluding hydrogens is 378 g/mol. The largest absolute Gasteiger partial charge is 0.392 e. The van der Waals surface area contributed by atoms with Gasteiger partial charge in [0.15, 0.2) is 0 Å². The van der Waals surface area contributed by atoms with E-state index in [0.29, 0.717) is 19.6 Å². The lowest BCUT2D eigenvalue weighted by Crippen LogP contribution is -2.37. The number of nitrogens with two attached hydrogens (primary N) is 1. The van der Waals surface area contributed by atoms with Crippen molar-refractivity contribution >= 4 is 17.7 Å². The number of aliphatic hydroxyl groups excluding tert-OH is 1. The Morgan fingerprint density at radius 3 is 2.73 bits per heavy atom. The summed E-state index contributed by atoms with van der Waals surface area (Å²) in [5.74, 6) is 0.725. The van der Waals surface area contributed by atoms with Gasteiger partial charge in [0.2, 0.25) is 0 Å². The van der Waals surface area contributed by atoms with Crippen LogP contribution in [0.5, 0.6) is 0 Å². The van der Waals surface area contributed by atoms with Gasteiger partial charge in [0, 0.05) is 37.5 Å². The van der Waals surface area contributed by atoms with E-state index >= 15 is 0 Å². The first-order valence-electron chi connectivity index (χ1n) is 10.6. The molecule has 1 atom stereocenters. The van der Waals surface area contributed by atoms with E-state index in [9.17, 15) is 5.11 Å². The van der Waals surface area contributed by atoms with E-state index in [-0.39, 0.29) is 12.6 Å². The molecular formula is C23H33N5O2. The molecule has 1 unspecified atom stereocenters. The molecule has 0 aliphatic carbocycles. The Kier molecular flexibility index (Phi) is 7.79. The molecule has 1 fully saturated rings. The van der Waals surface area contributed by atoms with Gasteiger partial charge in [-0.2, -0.15) is 0 Å². The molecule has 1 aliphatic rings. The van der Waals surface area contributed by atoms with Crippen molar-refractivity contribution < 1.29 is 9.84 Å². The van der Waals surface area contributed by atoms with Crippen molar-refractivity contribution in [2.24, 2.45) is 5.73 Å². The molecule has 1 aliphatic heterocycles. The molecule has 2 aromatic rings. The standard InChI is InChI=1S/C23H33N5O2/c1-16(2)26-23-20(15-25)22(28-8-10-30-11-9-28)13-21(27-23)18-5-3-4-17(12-18)6-7-19(29)14-24/h3-5,12-13,15-16,19,25,29H,6-11,14,24H2,1-2H3,(H,26,27). The number of aromatic nitrogens is 1. The van der Waals surface area contributed by atoms with E-state index in [0.717, 1.165) is 53.4 Å². The van der Waals surface area contributed by atoms with Gasteiger partial charge in [-0.1, -0.05) is 18.2 Å². The van der Waals surface area contributed by atoms with Crippen LogP contribution >= 0.6 is 0 Å². The van der Waals surface area contributed by atoms with Gasteiger partial charge >= 0.3 is 0 Å². The number of anilines is 2. The van der Waals surface area contributed by atoms with Gasteiger partial charge in [-0.15, -0.1) is 0 Å². The zero-order valence-corrected chi connectivity index (χ0v) is 17.9. The molecule has 0 saturated carbocycles. The van der Waals surface area contributed by atoms with E-state index in [2.05, 4.69) is 48.3 Å². The fraction of sp³-hybridized carbons (Fsp3) is 0.478. The van der Waals surface area contributed by atoms with E-state index in [1.807, 2.05) is 6.07 Å². The molecule has 1 saturated heterocycles. The molecule has 7 nitrogen and oxygen atoms in total. The van der Waals surface area contributed by atoms with Crippen molar-refractivity contribution in [3.63, 3.8) is 0 Å². The summed E-state index contributed by atoms with van der Waals surface area (Å²) in [5, 5.41) is 21.2. The molecule has 5 N–H and O–H groups in total. The lowest BCUT2D eigenvalue weighted by atomic mass is 10.0. The van der Waals surface area contributed by atoms with Crippen molar-refractivity contribution in [1.29, 1.82) is 5.41 Å². The second kappa shape index (κ2) is 10.5. The normalized spacial score (nSPS) is 15.3. The van der Waals surface area contributed by atoms with Crippen LogP contribution < -0.4 is 16.0 Å². The van der Waals surface area contributed by atoms with Gasteiger partial charge in [0.25, 0.3) is 0 Å². The molecule has 30 heavy (non-hydrogen) atoms. The summed E-state index contributed by atoms with van der Waals surface area (Å²) in [4.78, 5) is 7.14. The lowest BCUT2D eigenvalue weighted by molar-refractivity contribution is 0.122. The number of nitrogens with zero attached hydrogens (tertiary/aromatic N) is 2. The third-order valence-electron chi connectivity index (χ3n) is 5.22. The number of morpholine rings is 1. The fourth-order valence-electron chi connectivity index (χ4n) is 3.62. The molecule has 7 heteroatoms. The van der Waals surface area contributed by atoms with Crippen LogP contribution in [-0.4, -0.2) is 61.3 Å². The average molecular weight is 412 g/mol. The molecule has 0 amide bonds. The topological polar surface area (TPSA) is 107 Å². The van der Waals surface area contributed by atoms with Gasteiger partial charge in [-0.25, -0.2) is 4.98 Å². The summed E-state index contributed by atoms with van der Waals surface area (Å²) < 4.78 is 5.52. The molecule has 1 aromatic carbocycles. The monoisotopic (exact) mass is 411 g/mol. The molecule has 3 rings (SSSR count). The highest BCUT2D eigenvalue weighted by molar-refractivity contribution is 5.94. The fourth-order valence-corrected chi connectivity index (χ4v) is 3.62. The summed E-state index contributed by atoms with van der Waals surface area (Å²) >= 11 is 0. The number of aryl methyl sites for hydroxylation is 1. The average Bonchev–Trinajstić information content (AvgIpc) is 2.77. The van der Waals surface area contributed by atoms with Crippen molar-refractivity contribution in [2.75, 3.05) is 43.1 Å². The molecule has 1 aromatic heterocycles. The summed E-state index contributed by atoms with van der Waals surface area (Å²) in [6.07, 6.45) is 2.31. The highest BCUT2D eigenvalue weighted by atomic mass is 16.5. The first kappa shape index (κ1) is 22.2. The number of aliphatic hydroxyl groups is 1. The molecule has 0 spiro atoms. The third-order valence-corrected chi connectivity index (χ3v) is 5.22. The van der Waals surface area contributed by atoms with Gasteiger partial charge in [0.1, 0.15) is 5.82 Å². The van der Waals surface area contributed by atoms with Crippen LogP contribution in [0.1, 0.15) is 31.4 Å². The van der Waals surface area contributed by atoms with Crippen molar-refractivity contribution in [2.45, 2.75) is 38.8 Å². The van der Waals surface area contributed by atoms with Crippen LogP contribution in [0, 0.1) is 5.41 Å². The van der Waals surface area contributed by atoms with Gasteiger partial charge in [0.05, 0.1) is 36.3 Å². The van der Waals surface area contributed by atoms with Crippen LogP contribution in [0.2, 0.25) is 0 Å². The van der Waals surface area contributed by atoms with Crippen LogP contribution in [0.3, 0.4) is 0 Å². The zero-order chi connectivity index (χ0) is 21.5. The minimum Gasteiger partial charge on any atom is -0.392 e. The Hall–Kier alpha value is -2.48. The van der Waals surface area contributed by atoms with Crippen molar-refractivity contribution in [1.82, 2.24) is 4.98 Å². The molecule has 162 valence electrons. The van der Waals surface area contributed by atoms with Gasteiger partial charge < -0.3 is 31.2 Å². The first-order valence-corrected chi connectivity index (χ1v) is 10.6. The number of nitrogens with one attached hydrogen (secondary N) is 2. The van der Waals surface area contributed by atoms with Crippen LogP contribution in [0.15, 0.2) is 30.3 Å². The zero-order valence-electron chi connectivity index (χ0n) is 17.9. The highest BCUT2D eigenvalue weighted by Crippen LogP contribution is 2.32. The number of hydrogen-bond donors (Lipinski definition) is 4. The smallest absolute Gasteiger partial charge is 0.137 e. The number of ether oxygens (including phenoxy) is 1. The van der Waals surface area contributed by atoms with Gasteiger partial charge in [-0.05, 0) is 44.4 Å². The van der Waals surface area contributed by atoms with E-state index in [4.69, 9.17) is 20.9 Å². The Balaban J connectivity index is 2.00. The van der Waals surface area contributed by atoms with Crippen LogP contribution in [0.25, 0.3) is 11.3 Å². The summed E-state index contributed by atoms with van der Waals surface area (Å²) in [5.41, 5.74) is 10.4. The maximum Gasteiger partial charge on any atom is 0.137 e. The second-order valence-electron chi connectivity index (χ2n) is 7.96. The second-order valence-corrected chi connectivity index (χ2v) is 7.96. The third kappa shape index (κ3) is 5.56. The predicted octanol–water partition coefficient (Wildman–Crippen LogP) is 2.66. The number of hydrogen-bond acceptors (Lipinski definition) is 7. The number of benzene rings is 1. The SMILES string of the molecule is CC(C)Nc1nc(-c2cccc(CCC(O)CN)c2)cc(N2CCOCC2)c1C=N. The number of rotatable bonds is 9. The Labute approximate surface area is 178 Å². The Bertz CT molecular complexity index is 849. The summed E-state index contributed by atoms with van der Waals surface area (Å²) in [7, 11) is 0. The molecule has 0 radical (unpaired) electrons. The minimum atomic E-state index is -0.478. The molecule has 0 bridgehead atoms. The van der Waals surface area contributed by atoms with Crippen molar-refractivity contribution in [3.05, 3.63) is 41.5 Å². The quantitative estimate of drug-likeness (QED) is 0.473. The van der Waals surface area contributed by atoms with Crippen LogP contribution in [0.4, 0.5) is 11.5 Å². The lowest BCUT2D eigenvalue weighted by Gasteiger charge is -2.31. The molecule has 2 heterocycles. The first-order chi connectivity index (χ1) is 14.5. The van der Waals surface area contributed by atoms with Crippen LogP contribution in [-0.2, 0) is 11.2 Å². The van der Waals surface area contributed by atoms with Gasteiger partial charge in [-0.3, -0.25) is 0 Å². The summed E-state index contributed by atoms with van der Waals surface area (Å²) in [6, 6.07) is 10.5. The van der Waals surface area contributed by atoms with E-state index < -0.39 is 6.10 Å². The Morgan fingerprint density at radius 1 is 1.30 bits per heavy atom. The highest BCUT2D eigenvalue weighted by Gasteiger charge is 2.20. The maximum absolute atomic E-state index is 9.78. The van der Waals surface area contributed by atoms with Crippen molar-refractivity contribution in [3.8, 4) is 11.3 Å². The minimum absolute atomic E-state index is 0.202.